The molecule has 0 saturated heterocycles. The summed E-state index contributed by atoms with van der Waals surface area (Å²) in [6.45, 7) is 2.94. The first-order valence-corrected chi connectivity index (χ1v) is 5.88. The molecule has 0 spiro atoms. The minimum absolute atomic E-state index is 0.898. The van der Waals surface area contributed by atoms with Crippen LogP contribution in [0.25, 0.3) is 0 Å². The van der Waals surface area contributed by atoms with E-state index in [1.54, 1.807) is 0 Å². The van der Waals surface area contributed by atoms with Gasteiger partial charge < -0.3 is 4.90 Å². The Hall–Kier alpha value is -2.02. The fourth-order valence-electron chi connectivity index (χ4n) is 1.81. The Kier molecular flexibility index (Phi) is 3.98. The van der Waals surface area contributed by atoms with Crippen LogP contribution in [-0.2, 0) is 6.54 Å². The molecule has 0 aliphatic heterocycles. The van der Waals surface area contributed by atoms with E-state index >= 15 is 0 Å². The van der Waals surface area contributed by atoms with Crippen molar-refractivity contribution >= 4 is 5.69 Å². The van der Waals surface area contributed by atoms with Gasteiger partial charge in [-0.05, 0) is 24.6 Å². The van der Waals surface area contributed by atoms with Gasteiger partial charge in [-0.1, -0.05) is 54.6 Å². The van der Waals surface area contributed by atoms with E-state index in [4.69, 9.17) is 0 Å². The van der Waals surface area contributed by atoms with Crippen LogP contribution in [0.15, 0.2) is 72.9 Å². The zero-order chi connectivity index (χ0) is 11.9. The number of hydrogen-bond donors (Lipinski definition) is 0. The van der Waals surface area contributed by atoms with Crippen LogP contribution in [-0.4, -0.2) is 0 Å². The predicted octanol–water partition coefficient (Wildman–Crippen LogP) is 4.23. The maximum Gasteiger partial charge on any atom is 0.0475 e. The normalized spacial score (nSPS) is 10.6. The first-order valence-electron chi connectivity index (χ1n) is 5.88. The maximum atomic E-state index is 2.25. The summed E-state index contributed by atoms with van der Waals surface area (Å²) in [5.41, 5.74) is 2.53. The van der Waals surface area contributed by atoms with Crippen LogP contribution in [0.1, 0.15) is 12.5 Å². The lowest BCUT2D eigenvalue weighted by Crippen LogP contribution is -2.14. The first kappa shape index (κ1) is 11.5. The molecule has 0 N–H and O–H groups in total. The highest BCUT2D eigenvalue weighted by Crippen LogP contribution is 2.17. The molecule has 2 rings (SSSR count). The molecule has 1 nitrogen and oxygen atoms in total. The van der Waals surface area contributed by atoms with Crippen LogP contribution in [0.5, 0.6) is 0 Å². The number of hydrogen-bond acceptors (Lipinski definition) is 1. The third-order valence-electron chi connectivity index (χ3n) is 2.61. The smallest absolute Gasteiger partial charge is 0.0475 e. The van der Waals surface area contributed by atoms with Crippen LogP contribution in [0.4, 0.5) is 5.69 Å². The molecule has 86 valence electrons. The number of nitrogens with zero attached hydrogens (tertiary/aromatic N) is 1. The van der Waals surface area contributed by atoms with Crippen molar-refractivity contribution in [2.45, 2.75) is 13.5 Å². The number of benzene rings is 2. The van der Waals surface area contributed by atoms with Gasteiger partial charge in [-0.25, -0.2) is 0 Å². The molecule has 2 aromatic rings. The van der Waals surface area contributed by atoms with Crippen LogP contribution in [0.3, 0.4) is 0 Å². The van der Waals surface area contributed by atoms with Gasteiger partial charge in [-0.3, -0.25) is 0 Å². The quantitative estimate of drug-likeness (QED) is 0.750. The van der Waals surface area contributed by atoms with Crippen LogP contribution < -0.4 is 4.90 Å². The SMILES string of the molecule is C/C=C/N(Cc1ccccc1)c1ccccc1. The molecule has 0 heterocycles. The van der Waals surface area contributed by atoms with Crippen LogP contribution in [0, 0.1) is 0 Å². The summed E-state index contributed by atoms with van der Waals surface area (Å²) in [6.07, 6.45) is 4.18. The van der Waals surface area contributed by atoms with Gasteiger partial charge in [0.2, 0.25) is 0 Å². The third kappa shape index (κ3) is 3.22. The van der Waals surface area contributed by atoms with Crippen molar-refractivity contribution < 1.29 is 0 Å². The van der Waals surface area contributed by atoms with Crippen molar-refractivity contribution in [3.8, 4) is 0 Å². The molecule has 0 bridgehead atoms. The Morgan fingerprint density at radius 1 is 0.882 bits per heavy atom. The zero-order valence-electron chi connectivity index (χ0n) is 10.1. The lowest BCUT2D eigenvalue weighted by atomic mass is 10.2. The summed E-state index contributed by atoms with van der Waals surface area (Å²) in [4.78, 5) is 2.25. The Balaban J connectivity index is 2.19. The monoisotopic (exact) mass is 223 g/mol. The minimum Gasteiger partial charge on any atom is -0.344 e. The van der Waals surface area contributed by atoms with Crippen molar-refractivity contribution in [2.24, 2.45) is 0 Å². The predicted molar refractivity (Wildman–Crippen MR) is 73.9 cm³/mol. The molecule has 0 amide bonds. The maximum absolute atomic E-state index is 2.25. The van der Waals surface area contributed by atoms with Gasteiger partial charge in [-0.15, -0.1) is 0 Å². The summed E-state index contributed by atoms with van der Waals surface area (Å²) in [5.74, 6) is 0. The van der Waals surface area contributed by atoms with Crippen molar-refractivity contribution in [3.05, 3.63) is 78.5 Å². The largest absolute Gasteiger partial charge is 0.344 e. The van der Waals surface area contributed by atoms with Crippen molar-refractivity contribution in [2.75, 3.05) is 4.90 Å². The molecule has 0 aliphatic rings. The Morgan fingerprint density at radius 2 is 1.47 bits per heavy atom. The average Bonchev–Trinajstić information content (AvgIpc) is 2.40. The Labute approximate surface area is 103 Å². The molecule has 0 saturated carbocycles. The lowest BCUT2D eigenvalue weighted by Gasteiger charge is -2.20. The highest BCUT2D eigenvalue weighted by molar-refractivity contribution is 5.49. The van der Waals surface area contributed by atoms with Crippen molar-refractivity contribution in [1.82, 2.24) is 0 Å². The van der Waals surface area contributed by atoms with Crippen molar-refractivity contribution in [1.29, 1.82) is 0 Å². The van der Waals surface area contributed by atoms with Gasteiger partial charge in [0, 0.05) is 18.4 Å². The Morgan fingerprint density at radius 3 is 2.06 bits per heavy atom. The molecule has 0 radical (unpaired) electrons. The van der Waals surface area contributed by atoms with E-state index in [0.29, 0.717) is 0 Å². The van der Waals surface area contributed by atoms with Gasteiger partial charge in [-0.2, -0.15) is 0 Å². The van der Waals surface area contributed by atoms with E-state index in [2.05, 4.69) is 65.7 Å². The second-order valence-electron chi connectivity index (χ2n) is 3.93. The van der Waals surface area contributed by atoms with E-state index < -0.39 is 0 Å². The van der Waals surface area contributed by atoms with Gasteiger partial charge in [0.05, 0.1) is 0 Å². The number of para-hydroxylation sites is 1. The highest BCUT2D eigenvalue weighted by Gasteiger charge is 2.02. The van der Waals surface area contributed by atoms with Crippen LogP contribution in [0.2, 0.25) is 0 Å². The molecule has 2 aromatic carbocycles. The fraction of sp³-hybridized carbons (Fsp3) is 0.125. The summed E-state index contributed by atoms with van der Waals surface area (Å²) in [5, 5.41) is 0. The molecular weight excluding hydrogens is 206 g/mol. The molecular formula is C16H17N. The lowest BCUT2D eigenvalue weighted by molar-refractivity contribution is 0.966. The molecule has 0 atom stereocenters. The zero-order valence-corrected chi connectivity index (χ0v) is 10.1. The van der Waals surface area contributed by atoms with Gasteiger partial charge in [0.15, 0.2) is 0 Å². The van der Waals surface area contributed by atoms with Gasteiger partial charge in [0.25, 0.3) is 0 Å². The highest BCUT2D eigenvalue weighted by atomic mass is 15.1. The molecule has 0 unspecified atom stereocenters. The topological polar surface area (TPSA) is 3.24 Å². The fourth-order valence-corrected chi connectivity index (χ4v) is 1.81. The van der Waals surface area contributed by atoms with E-state index in [1.165, 1.54) is 11.3 Å². The second-order valence-corrected chi connectivity index (χ2v) is 3.93. The minimum atomic E-state index is 0.898. The Bertz CT molecular complexity index is 459. The summed E-state index contributed by atoms with van der Waals surface area (Å²) in [7, 11) is 0. The third-order valence-corrected chi connectivity index (χ3v) is 2.61. The standard InChI is InChI=1S/C16H17N/c1-2-13-17(16-11-7-4-8-12-16)14-15-9-5-3-6-10-15/h2-13H,14H2,1H3/b13-2+. The summed E-state index contributed by atoms with van der Waals surface area (Å²) in [6, 6.07) is 20.9. The molecule has 1 heteroatoms. The number of anilines is 1. The van der Waals surface area contributed by atoms with Crippen molar-refractivity contribution in [3.63, 3.8) is 0 Å². The summed E-state index contributed by atoms with van der Waals surface area (Å²) < 4.78 is 0. The van der Waals surface area contributed by atoms with Gasteiger partial charge >= 0.3 is 0 Å². The van der Waals surface area contributed by atoms with E-state index in [-0.39, 0.29) is 0 Å². The molecule has 0 aliphatic carbocycles. The number of allylic oxidation sites excluding steroid dienone is 1. The van der Waals surface area contributed by atoms with E-state index in [1.807, 2.05) is 19.1 Å². The number of rotatable bonds is 4. The molecule has 17 heavy (non-hydrogen) atoms. The first-order chi connectivity index (χ1) is 8.40. The second kappa shape index (κ2) is 5.90. The molecule has 0 aromatic heterocycles. The molecule has 0 fully saturated rings. The van der Waals surface area contributed by atoms with Gasteiger partial charge in [0.1, 0.15) is 0 Å². The average molecular weight is 223 g/mol. The van der Waals surface area contributed by atoms with Crippen LogP contribution >= 0.6 is 0 Å². The van der Waals surface area contributed by atoms with E-state index in [0.717, 1.165) is 6.54 Å². The summed E-state index contributed by atoms with van der Waals surface area (Å²) >= 11 is 0. The van der Waals surface area contributed by atoms with E-state index in [9.17, 15) is 0 Å².